The minimum Gasteiger partial charge on any atom is -0.352 e. The summed E-state index contributed by atoms with van der Waals surface area (Å²) in [6.45, 7) is 8.05. The van der Waals surface area contributed by atoms with Crippen LogP contribution in [0.3, 0.4) is 0 Å². The molecule has 8 heteroatoms. The maximum Gasteiger partial charge on any atom is 0.262 e. The van der Waals surface area contributed by atoms with Gasteiger partial charge in [-0.15, -0.1) is 6.42 Å². The van der Waals surface area contributed by atoms with Crippen LogP contribution in [0.1, 0.15) is 48.7 Å². The first-order chi connectivity index (χ1) is 14.9. The number of terminal acetylenes is 1. The fourth-order valence-electron chi connectivity index (χ4n) is 2.92. The molecule has 32 heavy (non-hydrogen) atoms. The van der Waals surface area contributed by atoms with Crippen molar-refractivity contribution >= 4 is 27.5 Å². The molecule has 170 valence electrons. The molecular weight excluding hydrogens is 426 g/mol. The number of carbonyl (C=O) groups is 2. The second-order valence-corrected chi connectivity index (χ2v) is 10.1. The molecule has 7 nitrogen and oxygen atoms in total. The summed E-state index contributed by atoms with van der Waals surface area (Å²) in [6.07, 6.45) is 5.16. The minimum atomic E-state index is -3.86. The summed E-state index contributed by atoms with van der Waals surface area (Å²) < 4.78 is 28.6. The predicted molar refractivity (Wildman–Crippen MR) is 126 cm³/mol. The summed E-state index contributed by atoms with van der Waals surface area (Å²) in [5.41, 5.74) is 1.87. The molecule has 2 aromatic rings. The lowest BCUT2D eigenvalue weighted by Crippen LogP contribution is -2.30. The molecule has 0 aliphatic rings. The Kier molecular flexibility index (Phi) is 8.06. The number of sulfonamides is 1. The second-order valence-electron chi connectivity index (χ2n) is 8.40. The SMILES string of the molecule is C#CCNC(=O)CCNC(=O)c1cccc(NS(=O)(=O)c2cc(C(C)(C)C)ccc2C)c1. The maximum absolute atomic E-state index is 13.0. The van der Waals surface area contributed by atoms with Gasteiger partial charge in [-0.05, 0) is 47.7 Å². The van der Waals surface area contributed by atoms with Gasteiger partial charge in [0.2, 0.25) is 5.91 Å². The average Bonchev–Trinajstić information content (AvgIpc) is 2.71. The van der Waals surface area contributed by atoms with Crippen molar-refractivity contribution in [2.24, 2.45) is 0 Å². The number of benzene rings is 2. The molecule has 0 saturated carbocycles. The van der Waals surface area contributed by atoms with Crippen molar-refractivity contribution < 1.29 is 18.0 Å². The minimum absolute atomic E-state index is 0.0864. The zero-order chi connectivity index (χ0) is 23.9. The Balaban J connectivity index is 2.13. The number of rotatable bonds is 8. The van der Waals surface area contributed by atoms with Gasteiger partial charge in [0, 0.05) is 24.2 Å². The van der Waals surface area contributed by atoms with E-state index in [-0.39, 0.29) is 47.0 Å². The molecule has 0 aromatic heterocycles. The van der Waals surface area contributed by atoms with Gasteiger partial charge in [-0.1, -0.05) is 44.9 Å². The Bertz CT molecular complexity index is 1140. The lowest BCUT2D eigenvalue weighted by Gasteiger charge is -2.21. The third kappa shape index (κ3) is 6.86. The summed E-state index contributed by atoms with van der Waals surface area (Å²) >= 11 is 0. The molecule has 2 rings (SSSR count). The molecule has 0 aliphatic carbocycles. The summed E-state index contributed by atoms with van der Waals surface area (Å²) in [5.74, 6) is 1.62. The van der Waals surface area contributed by atoms with Crippen LogP contribution < -0.4 is 15.4 Å². The summed E-state index contributed by atoms with van der Waals surface area (Å²) in [4.78, 5) is 24.1. The highest BCUT2D eigenvalue weighted by atomic mass is 32.2. The lowest BCUT2D eigenvalue weighted by molar-refractivity contribution is -0.120. The fourth-order valence-corrected chi connectivity index (χ4v) is 4.24. The number of hydrogen-bond acceptors (Lipinski definition) is 4. The van der Waals surface area contributed by atoms with Gasteiger partial charge in [0.1, 0.15) is 0 Å². The average molecular weight is 456 g/mol. The van der Waals surface area contributed by atoms with E-state index in [2.05, 4.69) is 21.3 Å². The van der Waals surface area contributed by atoms with E-state index in [1.165, 1.54) is 6.07 Å². The van der Waals surface area contributed by atoms with Crippen LogP contribution in [0.4, 0.5) is 5.69 Å². The van der Waals surface area contributed by atoms with Gasteiger partial charge in [-0.25, -0.2) is 8.42 Å². The highest BCUT2D eigenvalue weighted by molar-refractivity contribution is 7.92. The first kappa shape index (κ1) is 25.0. The van der Waals surface area contributed by atoms with Crippen LogP contribution in [0.2, 0.25) is 0 Å². The molecule has 0 unspecified atom stereocenters. The Labute approximate surface area is 190 Å². The molecule has 2 aromatic carbocycles. The molecule has 0 heterocycles. The van der Waals surface area contributed by atoms with E-state index in [9.17, 15) is 18.0 Å². The van der Waals surface area contributed by atoms with Crippen LogP contribution in [-0.2, 0) is 20.2 Å². The number of amides is 2. The van der Waals surface area contributed by atoms with Gasteiger partial charge >= 0.3 is 0 Å². The van der Waals surface area contributed by atoms with Crippen LogP contribution in [0.15, 0.2) is 47.4 Å². The highest BCUT2D eigenvalue weighted by Crippen LogP contribution is 2.28. The molecule has 0 saturated heterocycles. The predicted octanol–water partition coefficient (Wildman–Crippen LogP) is 2.96. The summed E-state index contributed by atoms with van der Waals surface area (Å²) in [5, 5.41) is 5.14. The zero-order valence-electron chi connectivity index (χ0n) is 18.8. The monoisotopic (exact) mass is 455 g/mol. The third-order valence-corrected chi connectivity index (χ3v) is 6.27. The molecular formula is C24H29N3O4S. The van der Waals surface area contributed by atoms with Crippen molar-refractivity contribution in [3.05, 3.63) is 59.2 Å². The summed E-state index contributed by atoms with van der Waals surface area (Å²) in [7, 11) is -3.86. The maximum atomic E-state index is 13.0. The molecule has 0 radical (unpaired) electrons. The van der Waals surface area contributed by atoms with E-state index >= 15 is 0 Å². The third-order valence-electron chi connectivity index (χ3n) is 4.75. The van der Waals surface area contributed by atoms with E-state index in [0.29, 0.717) is 5.56 Å². The van der Waals surface area contributed by atoms with E-state index < -0.39 is 15.9 Å². The van der Waals surface area contributed by atoms with Gasteiger partial charge in [-0.2, -0.15) is 0 Å². The van der Waals surface area contributed by atoms with Crippen molar-refractivity contribution in [1.82, 2.24) is 10.6 Å². The Morgan fingerprint density at radius 3 is 2.44 bits per heavy atom. The largest absolute Gasteiger partial charge is 0.352 e. The van der Waals surface area contributed by atoms with Gasteiger partial charge in [-0.3, -0.25) is 14.3 Å². The fraction of sp³-hybridized carbons (Fsp3) is 0.333. The van der Waals surface area contributed by atoms with E-state index in [1.54, 1.807) is 37.3 Å². The summed E-state index contributed by atoms with van der Waals surface area (Å²) in [6, 6.07) is 11.6. The molecule has 0 aliphatic heterocycles. The molecule has 0 bridgehead atoms. The molecule has 3 N–H and O–H groups in total. The lowest BCUT2D eigenvalue weighted by atomic mass is 9.87. The number of aryl methyl sites for hydroxylation is 1. The zero-order valence-corrected chi connectivity index (χ0v) is 19.6. The first-order valence-electron chi connectivity index (χ1n) is 10.2. The van der Waals surface area contributed by atoms with Crippen molar-refractivity contribution in [3.8, 4) is 12.3 Å². The van der Waals surface area contributed by atoms with Crippen molar-refractivity contribution in [1.29, 1.82) is 0 Å². The molecule has 2 amide bonds. The topological polar surface area (TPSA) is 104 Å². The number of carbonyl (C=O) groups excluding carboxylic acids is 2. The molecule has 0 atom stereocenters. The van der Waals surface area contributed by atoms with E-state index in [0.717, 1.165) is 5.56 Å². The smallest absolute Gasteiger partial charge is 0.262 e. The van der Waals surface area contributed by atoms with Gasteiger partial charge in [0.15, 0.2) is 0 Å². The highest BCUT2D eigenvalue weighted by Gasteiger charge is 2.22. The Morgan fingerprint density at radius 2 is 1.78 bits per heavy atom. The normalized spacial score (nSPS) is 11.3. The number of nitrogens with one attached hydrogen (secondary N) is 3. The van der Waals surface area contributed by atoms with Crippen LogP contribution >= 0.6 is 0 Å². The van der Waals surface area contributed by atoms with Crippen LogP contribution in [-0.4, -0.2) is 33.3 Å². The van der Waals surface area contributed by atoms with Gasteiger partial charge in [0.05, 0.1) is 11.4 Å². The van der Waals surface area contributed by atoms with Crippen LogP contribution in [0.5, 0.6) is 0 Å². The first-order valence-corrected chi connectivity index (χ1v) is 11.6. The van der Waals surface area contributed by atoms with Crippen molar-refractivity contribution in [2.45, 2.75) is 44.4 Å². The standard InChI is InChI=1S/C24H29N3O4S/c1-6-13-25-22(28)12-14-26-23(29)18-8-7-9-20(15-18)27-32(30,31)21-16-19(24(3,4)5)11-10-17(21)2/h1,7-11,15-16,27H,12-14H2,2-5H3,(H,25,28)(H,26,29). The van der Waals surface area contributed by atoms with Crippen LogP contribution in [0, 0.1) is 19.3 Å². The molecule has 0 spiro atoms. The Morgan fingerprint density at radius 1 is 1.06 bits per heavy atom. The van der Waals surface area contributed by atoms with E-state index in [1.807, 2.05) is 26.8 Å². The Hall–Kier alpha value is -3.31. The van der Waals surface area contributed by atoms with Crippen molar-refractivity contribution in [3.63, 3.8) is 0 Å². The number of anilines is 1. The second kappa shape index (κ2) is 10.3. The van der Waals surface area contributed by atoms with Crippen LogP contribution in [0.25, 0.3) is 0 Å². The molecule has 0 fully saturated rings. The van der Waals surface area contributed by atoms with Gasteiger partial charge < -0.3 is 10.6 Å². The van der Waals surface area contributed by atoms with E-state index in [4.69, 9.17) is 6.42 Å². The quantitative estimate of drug-likeness (QED) is 0.532. The van der Waals surface area contributed by atoms with Gasteiger partial charge in [0.25, 0.3) is 15.9 Å². The number of hydrogen-bond donors (Lipinski definition) is 3. The van der Waals surface area contributed by atoms with Crippen molar-refractivity contribution in [2.75, 3.05) is 17.8 Å².